The van der Waals surface area contributed by atoms with Gasteiger partial charge in [-0.2, -0.15) is 0 Å². The number of carbonyl (C=O) groups excluding carboxylic acids is 1. The van der Waals surface area contributed by atoms with Gasteiger partial charge in [0.15, 0.2) is 5.96 Å². The van der Waals surface area contributed by atoms with Crippen molar-refractivity contribution in [1.82, 2.24) is 16.0 Å². The van der Waals surface area contributed by atoms with Crippen LogP contribution >= 0.6 is 0 Å². The number of hydrogen-bond acceptors (Lipinski definition) is 3. The molecule has 0 heterocycles. The number of guanidine groups is 1. The Hall–Kier alpha value is -2.86. The van der Waals surface area contributed by atoms with Gasteiger partial charge in [0.2, 0.25) is 5.91 Å². The predicted octanol–water partition coefficient (Wildman–Crippen LogP) is 2.36. The summed E-state index contributed by atoms with van der Waals surface area (Å²) >= 11 is 0. The Bertz CT molecular complexity index is 735. The van der Waals surface area contributed by atoms with Gasteiger partial charge in [0, 0.05) is 20.1 Å². The van der Waals surface area contributed by atoms with Gasteiger partial charge in [-0.05, 0) is 23.5 Å². The standard InChI is InChI=1S/C23H32N4O2/c1-19(17-29-18-21-11-7-4-8-12-21)15-26-23(24-2)27-16-22(28)25-14-13-20-9-5-3-6-10-20/h3-12,19H,13-18H2,1-2H3,(H,25,28)(H2,24,26,27). The van der Waals surface area contributed by atoms with Crippen LogP contribution in [0, 0.1) is 5.92 Å². The zero-order chi connectivity index (χ0) is 20.7. The molecule has 1 unspecified atom stereocenters. The fourth-order valence-corrected chi connectivity index (χ4v) is 2.72. The average molecular weight is 397 g/mol. The lowest BCUT2D eigenvalue weighted by Crippen LogP contribution is -2.44. The van der Waals surface area contributed by atoms with E-state index in [2.05, 4.69) is 52.1 Å². The molecule has 6 heteroatoms. The molecule has 6 nitrogen and oxygen atoms in total. The number of benzene rings is 2. The molecule has 0 radical (unpaired) electrons. The van der Waals surface area contributed by atoms with Crippen LogP contribution in [-0.4, -0.2) is 45.2 Å². The first-order valence-electron chi connectivity index (χ1n) is 10.0. The normalized spacial score (nSPS) is 12.3. The highest BCUT2D eigenvalue weighted by molar-refractivity contribution is 5.86. The highest BCUT2D eigenvalue weighted by Crippen LogP contribution is 2.03. The molecule has 156 valence electrons. The zero-order valence-electron chi connectivity index (χ0n) is 17.4. The highest BCUT2D eigenvalue weighted by atomic mass is 16.5. The summed E-state index contributed by atoms with van der Waals surface area (Å²) in [6.07, 6.45) is 0.819. The number of rotatable bonds is 11. The third kappa shape index (κ3) is 9.76. The van der Waals surface area contributed by atoms with Crippen LogP contribution in [0.4, 0.5) is 0 Å². The van der Waals surface area contributed by atoms with Gasteiger partial charge in [0.05, 0.1) is 19.8 Å². The molecule has 0 aromatic heterocycles. The number of ether oxygens (including phenoxy) is 1. The first-order chi connectivity index (χ1) is 14.2. The quantitative estimate of drug-likeness (QED) is 0.403. The van der Waals surface area contributed by atoms with Crippen LogP contribution in [0.15, 0.2) is 65.7 Å². The number of nitrogens with one attached hydrogen (secondary N) is 3. The summed E-state index contributed by atoms with van der Waals surface area (Å²) in [6, 6.07) is 20.2. The van der Waals surface area contributed by atoms with Crippen molar-refractivity contribution in [3.63, 3.8) is 0 Å². The molecule has 2 rings (SSSR count). The largest absolute Gasteiger partial charge is 0.376 e. The second-order valence-corrected chi connectivity index (χ2v) is 7.00. The first-order valence-corrected chi connectivity index (χ1v) is 10.0. The van der Waals surface area contributed by atoms with Gasteiger partial charge >= 0.3 is 0 Å². The second-order valence-electron chi connectivity index (χ2n) is 7.00. The van der Waals surface area contributed by atoms with Gasteiger partial charge in [-0.25, -0.2) is 0 Å². The SMILES string of the molecule is CN=C(NCC(=O)NCCc1ccccc1)NCC(C)COCc1ccccc1. The highest BCUT2D eigenvalue weighted by Gasteiger charge is 2.06. The Morgan fingerprint density at radius 2 is 1.62 bits per heavy atom. The van der Waals surface area contributed by atoms with Crippen molar-refractivity contribution < 1.29 is 9.53 Å². The minimum absolute atomic E-state index is 0.0527. The fourth-order valence-electron chi connectivity index (χ4n) is 2.72. The third-order valence-electron chi connectivity index (χ3n) is 4.35. The molecular formula is C23H32N4O2. The number of aliphatic imine (C=N–C) groups is 1. The van der Waals surface area contributed by atoms with Crippen molar-refractivity contribution in [2.45, 2.75) is 20.0 Å². The van der Waals surface area contributed by atoms with E-state index in [4.69, 9.17) is 4.74 Å². The van der Waals surface area contributed by atoms with Crippen molar-refractivity contribution in [3.8, 4) is 0 Å². The summed E-state index contributed by atoms with van der Waals surface area (Å²) in [5, 5.41) is 9.19. The molecule has 0 saturated carbocycles. The van der Waals surface area contributed by atoms with Crippen LogP contribution in [0.3, 0.4) is 0 Å². The molecule has 2 aromatic rings. The molecule has 0 spiro atoms. The van der Waals surface area contributed by atoms with Gasteiger partial charge in [0.25, 0.3) is 0 Å². The maximum absolute atomic E-state index is 12.0. The monoisotopic (exact) mass is 396 g/mol. The van der Waals surface area contributed by atoms with Gasteiger partial charge in [-0.15, -0.1) is 0 Å². The van der Waals surface area contributed by atoms with E-state index in [1.54, 1.807) is 7.05 Å². The lowest BCUT2D eigenvalue weighted by Gasteiger charge is -2.16. The Kier molecular flexibility index (Phi) is 10.3. The van der Waals surface area contributed by atoms with Crippen LogP contribution in [-0.2, 0) is 22.6 Å². The molecule has 0 fully saturated rings. The molecule has 3 N–H and O–H groups in total. The van der Waals surface area contributed by atoms with E-state index in [0.29, 0.717) is 38.2 Å². The van der Waals surface area contributed by atoms with E-state index in [0.717, 1.165) is 6.42 Å². The molecule has 0 saturated heterocycles. The summed E-state index contributed by atoms with van der Waals surface area (Å²) < 4.78 is 5.76. The third-order valence-corrected chi connectivity index (χ3v) is 4.35. The lowest BCUT2D eigenvalue weighted by molar-refractivity contribution is -0.119. The molecule has 0 aliphatic rings. The van der Waals surface area contributed by atoms with Gasteiger partial charge in [-0.1, -0.05) is 67.6 Å². The van der Waals surface area contributed by atoms with Gasteiger partial charge in [0.1, 0.15) is 0 Å². The maximum Gasteiger partial charge on any atom is 0.239 e. The van der Waals surface area contributed by atoms with Crippen LogP contribution < -0.4 is 16.0 Å². The fraction of sp³-hybridized carbons (Fsp3) is 0.391. The predicted molar refractivity (Wildman–Crippen MR) is 118 cm³/mol. The van der Waals surface area contributed by atoms with E-state index >= 15 is 0 Å². The average Bonchev–Trinajstić information content (AvgIpc) is 2.75. The second kappa shape index (κ2) is 13.3. The minimum atomic E-state index is -0.0527. The van der Waals surface area contributed by atoms with E-state index in [1.807, 2.05) is 36.4 Å². The van der Waals surface area contributed by atoms with E-state index < -0.39 is 0 Å². The number of carbonyl (C=O) groups is 1. The van der Waals surface area contributed by atoms with Crippen LogP contribution in [0.1, 0.15) is 18.1 Å². The Labute approximate surface area is 173 Å². The zero-order valence-corrected chi connectivity index (χ0v) is 17.4. The molecule has 2 aromatic carbocycles. The molecule has 29 heavy (non-hydrogen) atoms. The Balaban J connectivity index is 1.56. The maximum atomic E-state index is 12.0. The van der Waals surface area contributed by atoms with Crippen molar-refractivity contribution in [3.05, 3.63) is 71.8 Å². The molecule has 0 aliphatic heterocycles. The summed E-state index contributed by atoms with van der Waals surface area (Å²) in [4.78, 5) is 16.2. The topological polar surface area (TPSA) is 74.8 Å². The molecule has 0 aliphatic carbocycles. The Morgan fingerprint density at radius 1 is 0.966 bits per heavy atom. The van der Waals surface area contributed by atoms with Gasteiger partial charge in [-0.3, -0.25) is 9.79 Å². The van der Waals surface area contributed by atoms with Crippen LogP contribution in [0.2, 0.25) is 0 Å². The summed E-state index contributed by atoms with van der Waals surface area (Å²) in [5.41, 5.74) is 2.38. The minimum Gasteiger partial charge on any atom is -0.376 e. The van der Waals surface area contributed by atoms with Crippen molar-refractivity contribution in [2.75, 3.05) is 33.3 Å². The Morgan fingerprint density at radius 3 is 2.28 bits per heavy atom. The van der Waals surface area contributed by atoms with Crippen molar-refractivity contribution >= 4 is 11.9 Å². The lowest BCUT2D eigenvalue weighted by atomic mass is 10.1. The summed E-state index contributed by atoms with van der Waals surface area (Å²) in [7, 11) is 1.69. The van der Waals surface area contributed by atoms with E-state index in [1.165, 1.54) is 11.1 Å². The van der Waals surface area contributed by atoms with Gasteiger partial charge < -0.3 is 20.7 Å². The smallest absolute Gasteiger partial charge is 0.239 e. The first kappa shape index (κ1) is 22.4. The van der Waals surface area contributed by atoms with Crippen LogP contribution in [0.25, 0.3) is 0 Å². The van der Waals surface area contributed by atoms with E-state index in [-0.39, 0.29) is 12.5 Å². The number of hydrogen-bond donors (Lipinski definition) is 3. The van der Waals surface area contributed by atoms with E-state index in [9.17, 15) is 4.79 Å². The molecule has 0 bridgehead atoms. The molecule has 1 amide bonds. The van der Waals surface area contributed by atoms with Crippen LogP contribution in [0.5, 0.6) is 0 Å². The summed E-state index contributed by atoms with van der Waals surface area (Å²) in [5.74, 6) is 0.873. The number of nitrogens with zero attached hydrogens (tertiary/aromatic N) is 1. The summed E-state index contributed by atoms with van der Waals surface area (Å²) in [6.45, 7) is 4.89. The molecule has 1 atom stereocenters. The number of amides is 1. The molecular weight excluding hydrogens is 364 g/mol. The van der Waals surface area contributed by atoms with Crippen molar-refractivity contribution in [2.24, 2.45) is 10.9 Å². The van der Waals surface area contributed by atoms with Crippen molar-refractivity contribution in [1.29, 1.82) is 0 Å².